The van der Waals surface area contributed by atoms with E-state index in [0.717, 1.165) is 12.1 Å². The van der Waals surface area contributed by atoms with Gasteiger partial charge in [0.25, 0.3) is 5.91 Å². The molecule has 1 heterocycles. The molecule has 0 saturated carbocycles. The standard InChI is InChI=1S/C16H20N2O3S/c1-2-3-14(19)8-17-16(20)12-4-6-15(7-5-12)21-9-13-10-22-11-18-13/h4-7,10-11,14,19H,2-3,8-9H2,1H3,(H,17,20). The smallest absolute Gasteiger partial charge is 0.251 e. The van der Waals surface area contributed by atoms with Gasteiger partial charge in [-0.2, -0.15) is 0 Å². The molecule has 0 saturated heterocycles. The third kappa shape index (κ3) is 5.13. The van der Waals surface area contributed by atoms with Gasteiger partial charge < -0.3 is 15.2 Å². The first-order valence-electron chi connectivity index (χ1n) is 7.25. The van der Waals surface area contributed by atoms with Gasteiger partial charge in [0.05, 0.1) is 17.3 Å². The van der Waals surface area contributed by atoms with E-state index in [1.807, 2.05) is 12.3 Å². The number of carbonyl (C=O) groups excluding carboxylic acids is 1. The van der Waals surface area contributed by atoms with E-state index >= 15 is 0 Å². The summed E-state index contributed by atoms with van der Waals surface area (Å²) in [5.41, 5.74) is 3.19. The molecule has 1 amide bonds. The average Bonchev–Trinajstić information content (AvgIpc) is 3.05. The molecule has 1 unspecified atom stereocenters. The Kier molecular flexibility index (Phi) is 6.36. The number of benzene rings is 1. The maximum Gasteiger partial charge on any atom is 0.251 e. The van der Waals surface area contributed by atoms with Gasteiger partial charge in [0.15, 0.2) is 0 Å². The summed E-state index contributed by atoms with van der Waals surface area (Å²) in [5, 5.41) is 14.3. The Balaban J connectivity index is 1.81. The number of rotatable bonds is 8. The van der Waals surface area contributed by atoms with Crippen LogP contribution in [-0.4, -0.2) is 28.6 Å². The van der Waals surface area contributed by atoms with Gasteiger partial charge >= 0.3 is 0 Å². The molecule has 6 heteroatoms. The molecular formula is C16H20N2O3S. The van der Waals surface area contributed by atoms with Crippen LogP contribution in [0.2, 0.25) is 0 Å². The first-order valence-corrected chi connectivity index (χ1v) is 8.19. The lowest BCUT2D eigenvalue weighted by atomic mass is 10.2. The summed E-state index contributed by atoms with van der Waals surface area (Å²) in [5.74, 6) is 0.497. The first-order chi connectivity index (χ1) is 10.7. The highest BCUT2D eigenvalue weighted by molar-refractivity contribution is 7.07. The number of aliphatic hydroxyl groups excluding tert-OH is 1. The van der Waals surface area contributed by atoms with Gasteiger partial charge in [0, 0.05) is 17.5 Å². The topological polar surface area (TPSA) is 71.5 Å². The van der Waals surface area contributed by atoms with E-state index in [0.29, 0.717) is 24.3 Å². The van der Waals surface area contributed by atoms with Gasteiger partial charge in [-0.25, -0.2) is 4.98 Å². The van der Waals surface area contributed by atoms with Crippen molar-refractivity contribution in [3.05, 3.63) is 46.4 Å². The van der Waals surface area contributed by atoms with Crippen molar-refractivity contribution in [2.24, 2.45) is 0 Å². The Bertz CT molecular complexity index is 570. The van der Waals surface area contributed by atoms with Gasteiger partial charge in [-0.3, -0.25) is 4.79 Å². The van der Waals surface area contributed by atoms with Gasteiger partial charge in [0.1, 0.15) is 12.4 Å². The molecule has 2 N–H and O–H groups in total. The lowest BCUT2D eigenvalue weighted by Gasteiger charge is -2.11. The lowest BCUT2D eigenvalue weighted by molar-refractivity contribution is 0.0910. The van der Waals surface area contributed by atoms with Crippen LogP contribution in [0, 0.1) is 0 Å². The molecular weight excluding hydrogens is 300 g/mol. The predicted molar refractivity (Wildman–Crippen MR) is 86.1 cm³/mol. The van der Waals surface area contributed by atoms with Crippen LogP contribution in [0.15, 0.2) is 35.2 Å². The molecule has 1 aromatic carbocycles. The SMILES string of the molecule is CCCC(O)CNC(=O)c1ccc(OCc2cscn2)cc1. The molecule has 0 aliphatic rings. The molecule has 0 spiro atoms. The summed E-state index contributed by atoms with van der Waals surface area (Å²) in [7, 11) is 0. The van der Waals surface area contributed by atoms with Crippen LogP contribution in [0.25, 0.3) is 0 Å². The zero-order valence-corrected chi connectivity index (χ0v) is 13.3. The molecule has 22 heavy (non-hydrogen) atoms. The van der Waals surface area contributed by atoms with E-state index in [4.69, 9.17) is 4.74 Å². The van der Waals surface area contributed by atoms with Crippen molar-refractivity contribution < 1.29 is 14.6 Å². The summed E-state index contributed by atoms with van der Waals surface area (Å²) in [4.78, 5) is 16.1. The number of thiazole rings is 1. The fourth-order valence-corrected chi connectivity index (χ4v) is 2.46. The number of aliphatic hydroxyl groups is 1. The first kappa shape index (κ1) is 16.5. The van der Waals surface area contributed by atoms with Gasteiger partial charge in [0.2, 0.25) is 0 Å². The van der Waals surface area contributed by atoms with E-state index in [-0.39, 0.29) is 12.5 Å². The third-order valence-corrected chi connectivity index (χ3v) is 3.74. The minimum absolute atomic E-state index is 0.193. The summed E-state index contributed by atoms with van der Waals surface area (Å²) in [6, 6.07) is 6.92. The third-order valence-electron chi connectivity index (χ3n) is 3.11. The summed E-state index contributed by atoms with van der Waals surface area (Å²) >= 11 is 1.53. The maximum atomic E-state index is 11.9. The molecule has 0 fully saturated rings. The highest BCUT2D eigenvalue weighted by Gasteiger charge is 2.08. The molecule has 1 atom stereocenters. The molecule has 5 nitrogen and oxygen atoms in total. The molecule has 0 bridgehead atoms. The molecule has 2 aromatic rings. The van der Waals surface area contributed by atoms with Crippen molar-refractivity contribution in [3.8, 4) is 5.75 Å². The van der Waals surface area contributed by atoms with Crippen LogP contribution in [-0.2, 0) is 6.61 Å². The zero-order chi connectivity index (χ0) is 15.8. The number of aromatic nitrogens is 1. The normalized spacial score (nSPS) is 11.9. The van der Waals surface area contributed by atoms with Crippen molar-refractivity contribution in [1.29, 1.82) is 0 Å². The van der Waals surface area contributed by atoms with Gasteiger partial charge in [-0.15, -0.1) is 11.3 Å². The van der Waals surface area contributed by atoms with E-state index in [2.05, 4.69) is 10.3 Å². The van der Waals surface area contributed by atoms with Crippen LogP contribution in [0.1, 0.15) is 35.8 Å². The lowest BCUT2D eigenvalue weighted by Crippen LogP contribution is -2.31. The number of carbonyl (C=O) groups is 1. The van der Waals surface area contributed by atoms with Crippen molar-refractivity contribution in [2.75, 3.05) is 6.54 Å². The maximum absolute atomic E-state index is 11.9. The van der Waals surface area contributed by atoms with Crippen LogP contribution in [0.3, 0.4) is 0 Å². The monoisotopic (exact) mass is 320 g/mol. The minimum atomic E-state index is -0.491. The molecule has 2 rings (SSSR count). The van der Waals surface area contributed by atoms with Crippen molar-refractivity contribution >= 4 is 17.2 Å². The number of nitrogens with one attached hydrogen (secondary N) is 1. The van der Waals surface area contributed by atoms with Gasteiger partial charge in [-0.1, -0.05) is 13.3 Å². The second-order valence-electron chi connectivity index (χ2n) is 4.95. The highest BCUT2D eigenvalue weighted by Crippen LogP contribution is 2.14. The fraction of sp³-hybridized carbons (Fsp3) is 0.375. The van der Waals surface area contributed by atoms with Crippen molar-refractivity contribution in [2.45, 2.75) is 32.5 Å². The molecule has 0 aliphatic carbocycles. The Hall–Kier alpha value is -1.92. The van der Waals surface area contributed by atoms with E-state index in [9.17, 15) is 9.90 Å². The molecule has 0 radical (unpaired) electrons. The summed E-state index contributed by atoms with van der Waals surface area (Å²) in [6.45, 7) is 2.68. The van der Waals surface area contributed by atoms with Crippen molar-refractivity contribution in [3.63, 3.8) is 0 Å². The van der Waals surface area contributed by atoms with Gasteiger partial charge in [-0.05, 0) is 30.7 Å². The van der Waals surface area contributed by atoms with E-state index in [1.54, 1.807) is 29.8 Å². The Labute approximate surface area is 134 Å². The number of ether oxygens (including phenoxy) is 1. The quantitative estimate of drug-likeness (QED) is 0.784. The summed E-state index contributed by atoms with van der Waals surface area (Å²) < 4.78 is 5.59. The zero-order valence-electron chi connectivity index (χ0n) is 12.5. The van der Waals surface area contributed by atoms with E-state index in [1.165, 1.54) is 11.3 Å². The second kappa shape index (κ2) is 8.51. The number of nitrogens with zero attached hydrogens (tertiary/aromatic N) is 1. The average molecular weight is 320 g/mol. The Morgan fingerprint density at radius 3 is 2.82 bits per heavy atom. The van der Waals surface area contributed by atoms with Crippen LogP contribution >= 0.6 is 11.3 Å². The Morgan fingerprint density at radius 1 is 1.41 bits per heavy atom. The fourth-order valence-electron chi connectivity index (χ4n) is 1.92. The van der Waals surface area contributed by atoms with E-state index < -0.39 is 6.10 Å². The predicted octanol–water partition coefficient (Wildman–Crippen LogP) is 2.61. The number of hydrogen-bond acceptors (Lipinski definition) is 5. The summed E-state index contributed by atoms with van der Waals surface area (Å²) in [6.07, 6.45) is 1.08. The van der Waals surface area contributed by atoms with Crippen LogP contribution < -0.4 is 10.1 Å². The minimum Gasteiger partial charge on any atom is -0.487 e. The number of amides is 1. The number of hydrogen-bond donors (Lipinski definition) is 2. The highest BCUT2D eigenvalue weighted by atomic mass is 32.1. The largest absolute Gasteiger partial charge is 0.487 e. The second-order valence-corrected chi connectivity index (χ2v) is 5.66. The van der Waals surface area contributed by atoms with Crippen LogP contribution in [0.4, 0.5) is 0 Å². The molecule has 1 aromatic heterocycles. The Morgan fingerprint density at radius 2 is 2.18 bits per heavy atom. The molecule has 118 valence electrons. The molecule has 0 aliphatic heterocycles. The van der Waals surface area contributed by atoms with Crippen LogP contribution in [0.5, 0.6) is 5.75 Å². The van der Waals surface area contributed by atoms with Crippen molar-refractivity contribution in [1.82, 2.24) is 10.3 Å².